The van der Waals surface area contributed by atoms with E-state index in [9.17, 15) is 9.90 Å². The summed E-state index contributed by atoms with van der Waals surface area (Å²) in [5.41, 5.74) is 5.85. The highest BCUT2D eigenvalue weighted by Crippen LogP contribution is 2.29. The van der Waals surface area contributed by atoms with Gasteiger partial charge in [-0.25, -0.2) is 0 Å². The van der Waals surface area contributed by atoms with Gasteiger partial charge in [-0.2, -0.15) is 0 Å². The van der Waals surface area contributed by atoms with Crippen molar-refractivity contribution >= 4 is 39.9 Å². The lowest BCUT2D eigenvalue weighted by molar-refractivity contribution is -0.113. The highest BCUT2D eigenvalue weighted by atomic mass is 32.2. The molecule has 0 bridgehead atoms. The number of aryl methyl sites for hydroxylation is 3. The first-order valence-electron chi connectivity index (χ1n) is 8.90. The number of nitrogens with zero attached hydrogens (tertiary/aromatic N) is 3. The molecule has 0 saturated carbocycles. The number of nitrogens with one attached hydrogen (secondary N) is 1. The molecule has 0 aliphatic rings. The van der Waals surface area contributed by atoms with Crippen LogP contribution in [0.4, 0.5) is 5.69 Å². The average molecular weight is 392 g/mol. The van der Waals surface area contributed by atoms with E-state index >= 15 is 0 Å². The van der Waals surface area contributed by atoms with Crippen molar-refractivity contribution in [2.45, 2.75) is 25.9 Å². The van der Waals surface area contributed by atoms with Crippen LogP contribution in [0.1, 0.15) is 16.7 Å². The van der Waals surface area contributed by atoms with Crippen molar-refractivity contribution in [3.8, 4) is 5.75 Å². The third-order valence-electron chi connectivity index (χ3n) is 4.78. The zero-order chi connectivity index (χ0) is 19.8. The lowest BCUT2D eigenvalue weighted by atomic mass is 10.0. The summed E-state index contributed by atoms with van der Waals surface area (Å²) in [6.07, 6.45) is 0. The van der Waals surface area contributed by atoms with Crippen LogP contribution >= 0.6 is 11.8 Å². The van der Waals surface area contributed by atoms with Crippen LogP contribution in [0.25, 0.3) is 16.6 Å². The molecular weight excluding hydrogens is 372 g/mol. The number of carbonyl (C=O) groups excluding carboxylic acids is 1. The van der Waals surface area contributed by atoms with Gasteiger partial charge in [-0.15, -0.1) is 10.2 Å². The molecule has 0 aliphatic heterocycles. The summed E-state index contributed by atoms with van der Waals surface area (Å²) in [6.45, 7) is 6.19. The van der Waals surface area contributed by atoms with E-state index in [1.54, 1.807) is 18.2 Å². The van der Waals surface area contributed by atoms with E-state index in [4.69, 9.17) is 0 Å². The molecule has 1 amide bonds. The Morgan fingerprint density at radius 3 is 2.71 bits per heavy atom. The summed E-state index contributed by atoms with van der Waals surface area (Å²) in [5.74, 6) is 0.135. The van der Waals surface area contributed by atoms with Crippen LogP contribution in [-0.2, 0) is 4.79 Å². The Balaban J connectivity index is 1.66. The Bertz CT molecular complexity index is 1220. The van der Waals surface area contributed by atoms with Crippen molar-refractivity contribution in [3.63, 3.8) is 0 Å². The van der Waals surface area contributed by atoms with E-state index in [1.165, 1.54) is 29.0 Å². The average Bonchev–Trinajstić information content (AvgIpc) is 3.08. The number of aromatic hydroxyl groups is 1. The highest BCUT2D eigenvalue weighted by Gasteiger charge is 2.16. The van der Waals surface area contributed by atoms with Crippen LogP contribution in [0.3, 0.4) is 0 Å². The fourth-order valence-corrected chi connectivity index (χ4v) is 4.00. The quantitative estimate of drug-likeness (QED) is 0.508. The maximum atomic E-state index is 12.3. The van der Waals surface area contributed by atoms with Gasteiger partial charge in [0.1, 0.15) is 5.75 Å². The molecule has 2 N–H and O–H groups in total. The van der Waals surface area contributed by atoms with E-state index in [2.05, 4.69) is 47.6 Å². The largest absolute Gasteiger partial charge is 0.508 e. The molecule has 7 heteroatoms. The molecule has 2 aromatic heterocycles. The third kappa shape index (κ3) is 3.29. The highest BCUT2D eigenvalue weighted by molar-refractivity contribution is 7.99. The monoisotopic (exact) mass is 392 g/mol. The number of benzene rings is 2. The second kappa shape index (κ2) is 7.16. The van der Waals surface area contributed by atoms with Gasteiger partial charge in [0, 0.05) is 11.8 Å². The fraction of sp³-hybridized carbons (Fsp3) is 0.190. The van der Waals surface area contributed by atoms with Gasteiger partial charge in [0.05, 0.1) is 11.3 Å². The van der Waals surface area contributed by atoms with Crippen molar-refractivity contribution in [2.24, 2.45) is 0 Å². The van der Waals surface area contributed by atoms with Gasteiger partial charge < -0.3 is 10.4 Å². The minimum Gasteiger partial charge on any atom is -0.508 e. The number of aromatic nitrogens is 3. The maximum Gasteiger partial charge on any atom is 0.234 e. The van der Waals surface area contributed by atoms with Gasteiger partial charge in [-0.1, -0.05) is 30.0 Å². The van der Waals surface area contributed by atoms with Gasteiger partial charge >= 0.3 is 0 Å². The molecule has 2 heterocycles. The predicted octanol–water partition coefficient (Wildman–Crippen LogP) is 4.24. The van der Waals surface area contributed by atoms with E-state index in [-0.39, 0.29) is 17.4 Å². The number of fused-ring (bicyclic) bond motifs is 3. The zero-order valence-electron chi connectivity index (χ0n) is 15.9. The minimum atomic E-state index is -0.169. The van der Waals surface area contributed by atoms with Gasteiger partial charge in [-0.05, 0) is 61.0 Å². The van der Waals surface area contributed by atoms with Gasteiger partial charge in [0.15, 0.2) is 10.8 Å². The third-order valence-corrected chi connectivity index (χ3v) is 5.71. The van der Waals surface area contributed by atoms with Crippen LogP contribution in [0.5, 0.6) is 5.75 Å². The van der Waals surface area contributed by atoms with Crippen molar-refractivity contribution in [3.05, 3.63) is 59.2 Å². The number of thioether (sulfide) groups is 1. The number of pyridine rings is 1. The molecule has 28 heavy (non-hydrogen) atoms. The Hall–Kier alpha value is -3.06. The summed E-state index contributed by atoms with van der Waals surface area (Å²) in [5, 5.41) is 22.8. The molecule has 4 aromatic rings. The lowest BCUT2D eigenvalue weighted by Gasteiger charge is -2.11. The molecule has 0 aliphatic carbocycles. The lowest BCUT2D eigenvalue weighted by Crippen LogP contribution is -2.14. The number of carbonyl (C=O) groups is 1. The van der Waals surface area contributed by atoms with E-state index in [0.717, 1.165) is 22.1 Å². The van der Waals surface area contributed by atoms with Crippen molar-refractivity contribution in [2.75, 3.05) is 11.1 Å². The summed E-state index contributed by atoms with van der Waals surface area (Å²) in [7, 11) is 0. The van der Waals surface area contributed by atoms with E-state index < -0.39 is 0 Å². The minimum absolute atomic E-state index is 0.113. The van der Waals surface area contributed by atoms with Crippen molar-refractivity contribution in [1.82, 2.24) is 14.6 Å². The second-order valence-corrected chi connectivity index (χ2v) is 7.74. The SMILES string of the molecule is Cc1ccc2cc(C)c3nnc(SCC(=O)Nc4cccc(O)c4)n3c2c1C. The molecule has 0 spiro atoms. The summed E-state index contributed by atoms with van der Waals surface area (Å²) in [6, 6.07) is 12.8. The molecule has 4 rings (SSSR count). The molecular formula is C21H20N4O2S. The number of amides is 1. The first-order valence-corrected chi connectivity index (χ1v) is 9.89. The summed E-state index contributed by atoms with van der Waals surface area (Å²) in [4.78, 5) is 12.3. The predicted molar refractivity (Wildman–Crippen MR) is 112 cm³/mol. The topological polar surface area (TPSA) is 79.5 Å². The van der Waals surface area contributed by atoms with Gasteiger partial charge in [-0.3, -0.25) is 9.20 Å². The smallest absolute Gasteiger partial charge is 0.234 e. The second-order valence-electron chi connectivity index (χ2n) is 6.80. The van der Waals surface area contributed by atoms with Gasteiger partial charge in [0.2, 0.25) is 5.91 Å². The number of hydrogen-bond donors (Lipinski definition) is 2. The van der Waals surface area contributed by atoms with Crippen LogP contribution in [0.2, 0.25) is 0 Å². The molecule has 6 nitrogen and oxygen atoms in total. The van der Waals surface area contributed by atoms with Gasteiger partial charge in [0.25, 0.3) is 0 Å². The number of anilines is 1. The van der Waals surface area contributed by atoms with E-state index in [0.29, 0.717) is 10.8 Å². The van der Waals surface area contributed by atoms with Crippen LogP contribution in [0, 0.1) is 20.8 Å². The molecule has 142 valence electrons. The molecule has 0 radical (unpaired) electrons. The molecule has 0 atom stereocenters. The Labute approximate surface area is 166 Å². The number of rotatable bonds is 4. The summed E-state index contributed by atoms with van der Waals surface area (Å²) < 4.78 is 2.04. The number of phenolic OH excluding ortho intramolecular Hbond substituents is 1. The first kappa shape index (κ1) is 18.3. The number of phenols is 1. The molecule has 0 fully saturated rings. The van der Waals surface area contributed by atoms with Crippen LogP contribution in [0.15, 0.2) is 47.6 Å². The van der Waals surface area contributed by atoms with Crippen LogP contribution in [-0.4, -0.2) is 31.4 Å². The number of hydrogen-bond acceptors (Lipinski definition) is 5. The maximum absolute atomic E-state index is 12.3. The summed E-state index contributed by atoms with van der Waals surface area (Å²) >= 11 is 1.34. The standard InChI is InChI=1S/C21H20N4O2S/c1-12-7-8-15-9-13(2)20-23-24-21(25(20)19(15)14(12)3)28-11-18(27)22-16-5-4-6-17(26)10-16/h4-10,26H,11H2,1-3H3,(H,22,27). The molecule has 0 unspecified atom stereocenters. The Morgan fingerprint density at radius 2 is 1.93 bits per heavy atom. The van der Waals surface area contributed by atoms with Crippen molar-refractivity contribution < 1.29 is 9.90 Å². The van der Waals surface area contributed by atoms with Crippen LogP contribution < -0.4 is 5.32 Å². The van der Waals surface area contributed by atoms with E-state index in [1.807, 2.05) is 11.3 Å². The zero-order valence-corrected chi connectivity index (χ0v) is 16.7. The molecule has 2 aromatic carbocycles. The normalized spacial score (nSPS) is 11.2. The molecule has 0 saturated heterocycles. The first-order chi connectivity index (χ1) is 13.4. The fourth-order valence-electron chi connectivity index (χ4n) is 3.26. The Kier molecular flexibility index (Phi) is 4.68. The van der Waals surface area contributed by atoms with Crippen molar-refractivity contribution in [1.29, 1.82) is 0 Å². The Morgan fingerprint density at radius 1 is 1.11 bits per heavy atom.